The predicted octanol–water partition coefficient (Wildman–Crippen LogP) is 1.30. The number of benzene rings is 1. The number of halogens is 1. The zero-order chi connectivity index (χ0) is 11.3. The SMILES string of the molecule is CCC(=O)NC(N)=Nc1ccc(F)cc1. The summed E-state index contributed by atoms with van der Waals surface area (Å²) in [5.74, 6) is -0.545. The molecule has 0 unspecified atom stereocenters. The Kier molecular flexibility index (Phi) is 3.79. The Morgan fingerprint density at radius 2 is 2.07 bits per heavy atom. The van der Waals surface area contributed by atoms with Gasteiger partial charge in [0.1, 0.15) is 5.82 Å². The fraction of sp³-hybridized carbons (Fsp3) is 0.200. The van der Waals surface area contributed by atoms with Gasteiger partial charge in [0.2, 0.25) is 11.9 Å². The van der Waals surface area contributed by atoms with Gasteiger partial charge < -0.3 is 5.73 Å². The molecule has 5 heteroatoms. The van der Waals surface area contributed by atoms with Gasteiger partial charge in [-0.2, -0.15) is 0 Å². The van der Waals surface area contributed by atoms with Crippen LogP contribution in [0.2, 0.25) is 0 Å². The van der Waals surface area contributed by atoms with Crippen molar-refractivity contribution >= 4 is 17.6 Å². The zero-order valence-electron chi connectivity index (χ0n) is 8.33. The Balaban J connectivity index is 2.70. The number of carbonyl (C=O) groups is 1. The molecule has 0 fully saturated rings. The number of nitrogens with one attached hydrogen (secondary N) is 1. The first kappa shape index (κ1) is 11.2. The van der Waals surface area contributed by atoms with E-state index in [-0.39, 0.29) is 17.7 Å². The van der Waals surface area contributed by atoms with Crippen molar-refractivity contribution in [1.82, 2.24) is 5.32 Å². The zero-order valence-corrected chi connectivity index (χ0v) is 8.33. The predicted molar refractivity (Wildman–Crippen MR) is 56.1 cm³/mol. The number of hydrogen-bond donors (Lipinski definition) is 2. The summed E-state index contributed by atoms with van der Waals surface area (Å²) >= 11 is 0. The molecule has 0 aromatic heterocycles. The lowest BCUT2D eigenvalue weighted by molar-refractivity contribution is -0.119. The van der Waals surface area contributed by atoms with Crippen LogP contribution in [0.15, 0.2) is 29.3 Å². The maximum atomic E-state index is 12.5. The first-order valence-electron chi connectivity index (χ1n) is 4.51. The summed E-state index contributed by atoms with van der Waals surface area (Å²) in [6.45, 7) is 1.71. The van der Waals surface area contributed by atoms with Crippen LogP contribution in [-0.2, 0) is 4.79 Å². The van der Waals surface area contributed by atoms with E-state index in [0.29, 0.717) is 12.1 Å². The molecule has 0 aliphatic carbocycles. The van der Waals surface area contributed by atoms with Crippen molar-refractivity contribution in [3.63, 3.8) is 0 Å². The Morgan fingerprint density at radius 3 is 2.60 bits per heavy atom. The molecule has 0 heterocycles. The van der Waals surface area contributed by atoms with Crippen molar-refractivity contribution < 1.29 is 9.18 Å². The summed E-state index contributed by atoms with van der Waals surface area (Å²) in [7, 11) is 0. The van der Waals surface area contributed by atoms with Gasteiger partial charge in [-0.15, -0.1) is 0 Å². The van der Waals surface area contributed by atoms with Gasteiger partial charge in [-0.05, 0) is 24.3 Å². The summed E-state index contributed by atoms with van der Waals surface area (Å²) in [6.07, 6.45) is 0.333. The summed E-state index contributed by atoms with van der Waals surface area (Å²) in [5.41, 5.74) is 5.94. The van der Waals surface area contributed by atoms with Crippen LogP contribution < -0.4 is 11.1 Å². The minimum Gasteiger partial charge on any atom is -0.369 e. The number of rotatable bonds is 2. The van der Waals surface area contributed by atoms with E-state index in [1.807, 2.05) is 0 Å². The quantitative estimate of drug-likeness (QED) is 0.569. The van der Waals surface area contributed by atoms with Crippen LogP contribution in [0.4, 0.5) is 10.1 Å². The summed E-state index contributed by atoms with van der Waals surface area (Å²) in [4.78, 5) is 14.8. The van der Waals surface area contributed by atoms with Crippen LogP contribution in [0.1, 0.15) is 13.3 Å². The average Bonchev–Trinajstić information content (AvgIpc) is 2.21. The van der Waals surface area contributed by atoms with Gasteiger partial charge in [0.25, 0.3) is 0 Å². The van der Waals surface area contributed by atoms with Crippen LogP contribution >= 0.6 is 0 Å². The number of nitrogens with zero attached hydrogens (tertiary/aromatic N) is 1. The lowest BCUT2D eigenvalue weighted by Crippen LogP contribution is -2.35. The second-order valence-electron chi connectivity index (χ2n) is 2.88. The highest BCUT2D eigenvalue weighted by Gasteiger charge is 1.99. The molecule has 0 spiro atoms. The molecule has 1 rings (SSSR count). The van der Waals surface area contributed by atoms with E-state index in [2.05, 4.69) is 10.3 Å². The van der Waals surface area contributed by atoms with E-state index in [9.17, 15) is 9.18 Å². The van der Waals surface area contributed by atoms with Crippen molar-refractivity contribution in [2.24, 2.45) is 10.7 Å². The van der Waals surface area contributed by atoms with Crippen LogP contribution in [0, 0.1) is 5.82 Å². The second kappa shape index (κ2) is 5.09. The Bertz CT molecular complexity index is 373. The van der Waals surface area contributed by atoms with Crippen molar-refractivity contribution in [3.8, 4) is 0 Å². The van der Waals surface area contributed by atoms with E-state index in [0.717, 1.165) is 0 Å². The molecule has 0 atom stereocenters. The fourth-order valence-corrected chi connectivity index (χ4v) is 0.914. The monoisotopic (exact) mass is 209 g/mol. The van der Waals surface area contributed by atoms with Gasteiger partial charge in [0.05, 0.1) is 5.69 Å². The first-order chi connectivity index (χ1) is 7.11. The topological polar surface area (TPSA) is 67.5 Å². The van der Waals surface area contributed by atoms with Gasteiger partial charge in [-0.3, -0.25) is 10.1 Å². The highest BCUT2D eigenvalue weighted by Crippen LogP contribution is 2.11. The van der Waals surface area contributed by atoms with Crippen LogP contribution in [0.5, 0.6) is 0 Å². The summed E-state index contributed by atoms with van der Waals surface area (Å²) < 4.78 is 12.5. The standard InChI is InChI=1S/C10H12FN3O/c1-2-9(15)14-10(12)13-8-5-3-7(11)4-6-8/h3-6H,2H2,1H3,(H3,12,13,14,15). The molecule has 0 aliphatic rings. The second-order valence-corrected chi connectivity index (χ2v) is 2.88. The molecule has 4 nitrogen and oxygen atoms in total. The third kappa shape index (κ3) is 3.76. The van der Waals surface area contributed by atoms with Gasteiger partial charge >= 0.3 is 0 Å². The van der Waals surface area contributed by atoms with Crippen LogP contribution in [-0.4, -0.2) is 11.9 Å². The number of nitrogens with two attached hydrogens (primary N) is 1. The van der Waals surface area contributed by atoms with Gasteiger partial charge in [-0.1, -0.05) is 6.92 Å². The molecule has 0 bridgehead atoms. The molecule has 1 aromatic carbocycles. The van der Waals surface area contributed by atoms with Crippen molar-refractivity contribution in [1.29, 1.82) is 0 Å². The number of hydrogen-bond acceptors (Lipinski definition) is 2. The molecule has 0 saturated carbocycles. The normalized spacial score (nSPS) is 11.2. The number of aliphatic imine (C=N–C) groups is 1. The highest BCUT2D eigenvalue weighted by molar-refractivity contribution is 5.96. The molecule has 80 valence electrons. The van der Waals surface area contributed by atoms with E-state index < -0.39 is 0 Å². The van der Waals surface area contributed by atoms with Crippen LogP contribution in [0.3, 0.4) is 0 Å². The van der Waals surface area contributed by atoms with Crippen molar-refractivity contribution in [2.75, 3.05) is 0 Å². The number of guanidine groups is 1. The van der Waals surface area contributed by atoms with E-state index in [1.54, 1.807) is 6.92 Å². The molecule has 1 amide bonds. The first-order valence-corrected chi connectivity index (χ1v) is 4.51. The van der Waals surface area contributed by atoms with Crippen molar-refractivity contribution in [3.05, 3.63) is 30.1 Å². The Hall–Kier alpha value is -1.91. The molecule has 15 heavy (non-hydrogen) atoms. The Labute approximate surface area is 87.0 Å². The largest absolute Gasteiger partial charge is 0.369 e. The number of amides is 1. The molecule has 0 saturated heterocycles. The van der Waals surface area contributed by atoms with E-state index in [1.165, 1.54) is 24.3 Å². The lowest BCUT2D eigenvalue weighted by atomic mass is 10.3. The molecule has 0 radical (unpaired) electrons. The highest BCUT2D eigenvalue weighted by atomic mass is 19.1. The fourth-order valence-electron chi connectivity index (χ4n) is 0.914. The minimum absolute atomic E-state index is 0.00783. The minimum atomic E-state index is -0.342. The van der Waals surface area contributed by atoms with E-state index >= 15 is 0 Å². The van der Waals surface area contributed by atoms with E-state index in [4.69, 9.17) is 5.73 Å². The van der Waals surface area contributed by atoms with Gasteiger partial charge in [0, 0.05) is 6.42 Å². The van der Waals surface area contributed by atoms with Crippen LogP contribution in [0.25, 0.3) is 0 Å². The maximum Gasteiger partial charge on any atom is 0.226 e. The smallest absolute Gasteiger partial charge is 0.226 e. The molecule has 3 N–H and O–H groups in total. The molecular weight excluding hydrogens is 197 g/mol. The maximum absolute atomic E-state index is 12.5. The molecule has 1 aromatic rings. The summed E-state index contributed by atoms with van der Waals surface area (Å²) in [5, 5.41) is 2.39. The lowest BCUT2D eigenvalue weighted by Gasteiger charge is -2.01. The molecular formula is C10H12FN3O. The third-order valence-corrected chi connectivity index (χ3v) is 1.66. The van der Waals surface area contributed by atoms with Gasteiger partial charge in [-0.25, -0.2) is 9.38 Å². The molecule has 0 aliphatic heterocycles. The Morgan fingerprint density at radius 1 is 1.47 bits per heavy atom. The van der Waals surface area contributed by atoms with Crippen molar-refractivity contribution in [2.45, 2.75) is 13.3 Å². The number of carbonyl (C=O) groups excluding carboxylic acids is 1. The third-order valence-electron chi connectivity index (χ3n) is 1.66. The average molecular weight is 209 g/mol. The summed E-state index contributed by atoms with van der Waals surface area (Å²) in [6, 6.07) is 5.49. The van der Waals surface area contributed by atoms with Gasteiger partial charge in [0.15, 0.2) is 0 Å².